The molecule has 4 N–H and O–H groups in total. The van der Waals surface area contributed by atoms with Gasteiger partial charge in [0.25, 0.3) is 11.8 Å². The number of hydrogen-bond acceptors (Lipinski definition) is 7. The van der Waals surface area contributed by atoms with Crippen molar-refractivity contribution in [2.45, 2.75) is 23.8 Å². The second-order valence-electron chi connectivity index (χ2n) is 7.51. The molecular formula is C20H16F3N3O5S. The monoisotopic (exact) mass is 467 g/mol. The van der Waals surface area contributed by atoms with E-state index < -0.39 is 45.7 Å². The molecule has 2 aliphatic rings. The highest BCUT2D eigenvalue weighted by Gasteiger charge is 2.59. The van der Waals surface area contributed by atoms with E-state index in [4.69, 9.17) is 10.5 Å². The number of likely N-dealkylation sites (tertiary alicyclic amines) is 1. The molecule has 1 unspecified atom stereocenters. The van der Waals surface area contributed by atoms with Gasteiger partial charge in [-0.1, -0.05) is 11.8 Å². The van der Waals surface area contributed by atoms with Gasteiger partial charge in [0.15, 0.2) is 5.01 Å². The lowest BCUT2D eigenvalue weighted by atomic mass is 9.98. The molecule has 1 aromatic heterocycles. The first kappa shape index (κ1) is 22.1. The van der Waals surface area contributed by atoms with Gasteiger partial charge in [0.1, 0.15) is 12.4 Å². The number of thiazole rings is 1. The molecule has 2 aliphatic heterocycles. The van der Waals surface area contributed by atoms with Crippen molar-refractivity contribution < 1.29 is 37.7 Å². The van der Waals surface area contributed by atoms with Gasteiger partial charge in [-0.3, -0.25) is 9.59 Å². The fourth-order valence-electron chi connectivity index (χ4n) is 3.41. The normalized spacial score (nSPS) is 24.7. The summed E-state index contributed by atoms with van der Waals surface area (Å²) in [6.07, 6.45) is -5.01. The first-order valence-corrected chi connectivity index (χ1v) is 10.1. The van der Waals surface area contributed by atoms with Crippen LogP contribution in [0.3, 0.4) is 0 Å². The van der Waals surface area contributed by atoms with Crippen LogP contribution in [0.2, 0.25) is 0 Å². The number of alkyl halides is 3. The SMILES string of the molecule is CN1CC[C@@](O)(C#Cc2ccc3c(c2)-c2nc(C(N)=O)sc2C(O)(C(F)(F)F)CO3)C1=O. The molecule has 1 aromatic carbocycles. The zero-order valence-electron chi connectivity index (χ0n) is 16.5. The summed E-state index contributed by atoms with van der Waals surface area (Å²) in [6, 6.07) is 4.11. The molecule has 2 amide bonds. The summed E-state index contributed by atoms with van der Waals surface area (Å²) in [5.41, 5.74) is -0.0788. The second kappa shape index (κ2) is 7.19. The van der Waals surface area contributed by atoms with E-state index >= 15 is 0 Å². The second-order valence-corrected chi connectivity index (χ2v) is 8.50. The lowest BCUT2D eigenvalue weighted by molar-refractivity contribution is -0.273. The summed E-state index contributed by atoms with van der Waals surface area (Å²) in [6.45, 7) is -0.821. The number of aliphatic hydroxyl groups is 2. The molecule has 0 aliphatic carbocycles. The topological polar surface area (TPSA) is 126 Å². The van der Waals surface area contributed by atoms with Crippen LogP contribution in [0.5, 0.6) is 5.75 Å². The lowest BCUT2D eigenvalue weighted by Gasteiger charge is -2.28. The number of primary amides is 1. The van der Waals surface area contributed by atoms with Crippen molar-refractivity contribution >= 4 is 23.2 Å². The number of halogens is 3. The van der Waals surface area contributed by atoms with E-state index in [1.807, 2.05) is 0 Å². The molecule has 2 atom stereocenters. The number of carbonyl (C=O) groups excluding carboxylic acids is 2. The predicted molar refractivity (Wildman–Crippen MR) is 106 cm³/mol. The summed E-state index contributed by atoms with van der Waals surface area (Å²) in [4.78, 5) is 28.3. The van der Waals surface area contributed by atoms with Crippen molar-refractivity contribution in [1.29, 1.82) is 0 Å². The zero-order valence-corrected chi connectivity index (χ0v) is 17.3. The standard InChI is InChI=1S/C20H16F3N3O5S/c1-26-7-6-18(29,17(26)28)5-4-10-2-3-12-11(8-10)13-14(32-16(25-13)15(24)27)19(30,9-31-12)20(21,22)23/h2-3,8,29-30H,6-7,9H2,1H3,(H2,24,27)/t18-,19?/m0/s1. The highest BCUT2D eigenvalue weighted by molar-refractivity contribution is 7.14. The quantitative estimate of drug-likeness (QED) is 0.538. The molecule has 32 heavy (non-hydrogen) atoms. The maximum absolute atomic E-state index is 13.7. The van der Waals surface area contributed by atoms with Gasteiger partial charge in [0.05, 0.1) is 10.6 Å². The fraction of sp³-hybridized carbons (Fsp3) is 0.350. The van der Waals surface area contributed by atoms with Gasteiger partial charge in [-0.2, -0.15) is 13.2 Å². The first-order chi connectivity index (χ1) is 14.9. The van der Waals surface area contributed by atoms with E-state index in [-0.39, 0.29) is 29.0 Å². The fourth-order valence-corrected chi connectivity index (χ4v) is 4.44. The maximum atomic E-state index is 13.7. The largest absolute Gasteiger partial charge is 0.489 e. The number of rotatable bonds is 1. The Kier molecular flexibility index (Phi) is 4.96. The van der Waals surface area contributed by atoms with E-state index in [1.165, 1.54) is 30.1 Å². The Balaban J connectivity index is 1.84. The molecule has 2 aromatic rings. The van der Waals surface area contributed by atoms with Crippen LogP contribution < -0.4 is 10.5 Å². The summed E-state index contributed by atoms with van der Waals surface area (Å²) < 4.78 is 46.5. The van der Waals surface area contributed by atoms with Gasteiger partial charge in [-0.15, -0.1) is 11.3 Å². The van der Waals surface area contributed by atoms with Crippen LogP contribution in [0, 0.1) is 11.8 Å². The summed E-state index contributed by atoms with van der Waals surface area (Å²) in [5.74, 6) is 3.56. The van der Waals surface area contributed by atoms with Crippen LogP contribution in [0.15, 0.2) is 18.2 Å². The number of nitrogens with zero attached hydrogens (tertiary/aromatic N) is 2. The number of fused-ring (bicyclic) bond motifs is 3. The van der Waals surface area contributed by atoms with Crippen molar-refractivity contribution in [1.82, 2.24) is 9.88 Å². The Bertz CT molecular complexity index is 1200. The maximum Gasteiger partial charge on any atom is 0.425 e. The Morgan fingerprint density at radius 2 is 2.09 bits per heavy atom. The number of hydrogen-bond donors (Lipinski definition) is 3. The molecule has 0 saturated carbocycles. The van der Waals surface area contributed by atoms with Crippen LogP contribution >= 0.6 is 11.3 Å². The third-order valence-corrected chi connectivity index (χ3v) is 6.50. The van der Waals surface area contributed by atoms with Gasteiger partial charge in [-0.25, -0.2) is 4.98 Å². The number of carbonyl (C=O) groups is 2. The van der Waals surface area contributed by atoms with Crippen molar-refractivity contribution in [3.8, 4) is 28.8 Å². The van der Waals surface area contributed by atoms with Gasteiger partial charge < -0.3 is 25.6 Å². The van der Waals surface area contributed by atoms with Gasteiger partial charge >= 0.3 is 6.18 Å². The molecule has 4 rings (SSSR count). The molecule has 0 spiro atoms. The van der Waals surface area contributed by atoms with Crippen molar-refractivity contribution in [2.24, 2.45) is 5.73 Å². The molecule has 12 heteroatoms. The average Bonchev–Trinajstić information content (AvgIpc) is 3.25. The van der Waals surface area contributed by atoms with Crippen LogP contribution in [0.4, 0.5) is 13.2 Å². The smallest absolute Gasteiger partial charge is 0.425 e. The molecule has 0 bridgehead atoms. The van der Waals surface area contributed by atoms with Crippen molar-refractivity contribution in [3.63, 3.8) is 0 Å². The van der Waals surface area contributed by atoms with Crippen LogP contribution in [0.25, 0.3) is 11.3 Å². The highest BCUT2D eigenvalue weighted by Crippen LogP contribution is 2.49. The summed E-state index contributed by atoms with van der Waals surface area (Å²) in [5, 5.41) is 20.5. The Morgan fingerprint density at radius 3 is 2.69 bits per heavy atom. The minimum atomic E-state index is -5.12. The van der Waals surface area contributed by atoms with Gasteiger partial charge in [0.2, 0.25) is 11.2 Å². The van der Waals surface area contributed by atoms with E-state index in [1.54, 1.807) is 0 Å². The molecule has 1 fully saturated rings. The van der Waals surface area contributed by atoms with E-state index in [2.05, 4.69) is 16.8 Å². The lowest BCUT2D eigenvalue weighted by Crippen LogP contribution is -2.46. The summed E-state index contributed by atoms with van der Waals surface area (Å²) >= 11 is 0.332. The molecule has 1 saturated heterocycles. The van der Waals surface area contributed by atoms with Crippen LogP contribution in [-0.2, 0) is 10.4 Å². The van der Waals surface area contributed by atoms with E-state index in [0.717, 1.165) is 0 Å². The molecular weight excluding hydrogens is 451 g/mol. The molecule has 3 heterocycles. The zero-order chi connectivity index (χ0) is 23.5. The Morgan fingerprint density at radius 1 is 1.38 bits per heavy atom. The molecule has 0 radical (unpaired) electrons. The van der Waals surface area contributed by atoms with Gasteiger partial charge in [-0.05, 0) is 18.2 Å². The van der Waals surface area contributed by atoms with Crippen LogP contribution in [-0.4, -0.2) is 63.9 Å². The van der Waals surface area contributed by atoms with Gasteiger partial charge in [0, 0.05) is 31.1 Å². The number of benzene rings is 1. The number of likely N-dealkylation sites (N-methyl/N-ethyl adjacent to an activating group) is 1. The predicted octanol–water partition coefficient (Wildman–Crippen LogP) is 0.996. The number of ether oxygens (including phenoxy) is 1. The number of aromatic nitrogens is 1. The third-order valence-electron chi connectivity index (χ3n) is 5.28. The van der Waals surface area contributed by atoms with Crippen molar-refractivity contribution in [3.05, 3.63) is 33.6 Å². The number of nitrogens with two attached hydrogens (primary N) is 1. The minimum Gasteiger partial charge on any atom is -0.489 e. The average molecular weight is 467 g/mol. The number of amides is 2. The Labute approximate surface area is 183 Å². The van der Waals surface area contributed by atoms with E-state index in [9.17, 15) is 33.0 Å². The summed E-state index contributed by atoms with van der Waals surface area (Å²) in [7, 11) is 1.53. The van der Waals surface area contributed by atoms with Crippen molar-refractivity contribution in [2.75, 3.05) is 20.2 Å². The van der Waals surface area contributed by atoms with Crippen LogP contribution in [0.1, 0.15) is 26.7 Å². The minimum absolute atomic E-state index is 0.0197. The third kappa shape index (κ3) is 3.38. The van der Waals surface area contributed by atoms with E-state index in [0.29, 0.717) is 17.9 Å². The highest BCUT2D eigenvalue weighted by atomic mass is 32.1. The molecule has 168 valence electrons. The molecule has 8 nitrogen and oxygen atoms in total. The first-order valence-electron chi connectivity index (χ1n) is 9.24. The Hall–Kier alpha value is -3.14.